The summed E-state index contributed by atoms with van der Waals surface area (Å²) >= 11 is 0. The second kappa shape index (κ2) is 17.2. The Balaban J connectivity index is 0.907. The van der Waals surface area contributed by atoms with Crippen LogP contribution in [0.5, 0.6) is 23.0 Å². The molecule has 0 atom stereocenters. The minimum Gasteiger partial charge on any atom is -0.458 e. The van der Waals surface area contributed by atoms with Gasteiger partial charge in [0, 0.05) is 44.0 Å². The van der Waals surface area contributed by atoms with Gasteiger partial charge in [-0.15, -0.1) is 0 Å². The van der Waals surface area contributed by atoms with Crippen LogP contribution < -0.4 is 42.3 Å². The molecule has 0 radical (unpaired) electrons. The van der Waals surface area contributed by atoms with Crippen molar-refractivity contribution < 1.29 is 9.47 Å². The van der Waals surface area contributed by atoms with Gasteiger partial charge in [-0.2, -0.15) is 0 Å². The molecule has 4 nitrogen and oxygen atoms in total. The largest absolute Gasteiger partial charge is 0.458 e. The van der Waals surface area contributed by atoms with Crippen LogP contribution in [0.25, 0.3) is 77.2 Å². The molecule has 2 aliphatic carbocycles. The van der Waals surface area contributed by atoms with E-state index in [0.717, 1.165) is 23.0 Å². The van der Waals surface area contributed by atoms with Gasteiger partial charge in [0.25, 0.3) is 13.4 Å². The predicted molar refractivity (Wildman–Crippen MR) is 386 cm³/mol. The molecule has 0 unspecified atom stereocenters. The lowest BCUT2D eigenvalue weighted by atomic mass is 9.34. The molecule has 6 aliphatic rings. The SMILES string of the molecule is CC(C)(C)c1cc2c3c(c1)-n1c4ccc(C(C)(C)C)cc4c4cc(C(C)(C)C)cc(c41)B3c1cc3c(cc1O2)C1(c2ccccc2-3)c2ccccc2-c2cc3c(cc21)Oc1cc(C(C)(C)C)cc2c1B3c1cc(C(C)(C)C)cc3c4cc(C(C)(C)C)ccc4n-2c13. The Kier molecular flexibility index (Phi) is 10.4. The molecule has 0 saturated carbocycles. The van der Waals surface area contributed by atoms with Gasteiger partial charge in [-0.1, -0.05) is 210 Å². The van der Waals surface area contributed by atoms with Gasteiger partial charge >= 0.3 is 0 Å². The zero-order valence-electron chi connectivity index (χ0n) is 56.4. The number of ether oxygens (including phenoxy) is 2. The maximum Gasteiger partial charge on any atom is 0.256 e. The fraction of sp³-hybridized carbons (Fsp3) is 0.294. The third kappa shape index (κ3) is 7.20. The molecule has 10 aromatic carbocycles. The summed E-state index contributed by atoms with van der Waals surface area (Å²) in [7, 11) is 0. The van der Waals surface area contributed by atoms with Crippen molar-refractivity contribution in [1.29, 1.82) is 0 Å². The van der Waals surface area contributed by atoms with Gasteiger partial charge in [-0.25, -0.2) is 0 Å². The molecule has 0 fully saturated rings. The quantitative estimate of drug-likeness (QED) is 0.142. The first kappa shape index (κ1) is 55.4. The van der Waals surface area contributed by atoms with Crippen LogP contribution in [0.15, 0.2) is 158 Å². The molecular weight excluding hydrogens is 1100 g/mol. The molecule has 0 amide bonds. The van der Waals surface area contributed by atoms with E-state index in [1.807, 2.05) is 0 Å². The molecule has 91 heavy (non-hydrogen) atoms. The summed E-state index contributed by atoms with van der Waals surface area (Å²) in [5, 5.41) is 5.27. The lowest BCUT2D eigenvalue weighted by Crippen LogP contribution is -2.59. The van der Waals surface area contributed by atoms with Gasteiger partial charge in [0.05, 0.1) is 16.4 Å². The molecule has 0 N–H and O–H groups in total. The van der Waals surface area contributed by atoms with Crippen molar-refractivity contribution in [3.63, 3.8) is 0 Å². The summed E-state index contributed by atoms with van der Waals surface area (Å²) in [5.41, 5.74) is 32.1. The fourth-order valence-corrected chi connectivity index (χ4v) is 17.3. The summed E-state index contributed by atoms with van der Waals surface area (Å²) in [4.78, 5) is 0. The van der Waals surface area contributed by atoms with Crippen LogP contribution >= 0.6 is 0 Å². The Hall–Kier alpha value is -8.47. The predicted octanol–water partition coefficient (Wildman–Crippen LogP) is 17.9. The van der Waals surface area contributed by atoms with E-state index in [1.54, 1.807) is 0 Å². The Morgan fingerprint density at radius 1 is 0.297 bits per heavy atom. The number of hydrogen-bond donors (Lipinski definition) is 0. The van der Waals surface area contributed by atoms with Crippen LogP contribution in [-0.4, -0.2) is 22.6 Å². The van der Waals surface area contributed by atoms with Gasteiger partial charge in [-0.05, 0) is 216 Å². The fourth-order valence-electron chi connectivity index (χ4n) is 17.3. The van der Waals surface area contributed by atoms with E-state index >= 15 is 0 Å². The number of fused-ring (bicyclic) bond motifs is 24. The molecule has 0 bridgehead atoms. The topological polar surface area (TPSA) is 28.3 Å². The molecule has 4 aliphatic heterocycles. The van der Waals surface area contributed by atoms with Crippen LogP contribution in [0, 0.1) is 0 Å². The first-order valence-electron chi connectivity index (χ1n) is 33.4. The average Bonchev–Trinajstić information content (AvgIpc) is 1.54. The molecular formula is C85H80B2N2O2. The molecule has 18 rings (SSSR count). The molecule has 448 valence electrons. The van der Waals surface area contributed by atoms with Gasteiger partial charge in [0.1, 0.15) is 23.0 Å². The van der Waals surface area contributed by atoms with Crippen molar-refractivity contribution in [2.24, 2.45) is 0 Å². The molecule has 6 heterocycles. The van der Waals surface area contributed by atoms with E-state index < -0.39 is 5.41 Å². The minimum atomic E-state index is -0.682. The van der Waals surface area contributed by atoms with Crippen molar-refractivity contribution in [2.75, 3.05) is 0 Å². The maximum atomic E-state index is 7.73. The average molecular weight is 1180 g/mol. The zero-order valence-corrected chi connectivity index (χ0v) is 56.4. The van der Waals surface area contributed by atoms with Crippen molar-refractivity contribution in [1.82, 2.24) is 9.13 Å². The van der Waals surface area contributed by atoms with Crippen molar-refractivity contribution >= 4 is 89.8 Å². The van der Waals surface area contributed by atoms with Crippen LogP contribution in [0.1, 0.15) is 180 Å². The van der Waals surface area contributed by atoms with Gasteiger partial charge in [0.2, 0.25) is 0 Å². The normalized spacial score (nSPS) is 15.4. The van der Waals surface area contributed by atoms with E-state index in [2.05, 4.69) is 291 Å². The summed E-state index contributed by atoms with van der Waals surface area (Å²) in [6.45, 7) is 42.1. The highest BCUT2D eigenvalue weighted by atomic mass is 16.5. The van der Waals surface area contributed by atoms with Crippen LogP contribution in [0.3, 0.4) is 0 Å². The van der Waals surface area contributed by atoms with Crippen molar-refractivity contribution in [2.45, 2.75) is 163 Å². The van der Waals surface area contributed by atoms with Crippen molar-refractivity contribution in [3.8, 4) is 56.6 Å². The van der Waals surface area contributed by atoms with E-state index in [-0.39, 0.29) is 45.9 Å². The van der Waals surface area contributed by atoms with E-state index in [9.17, 15) is 0 Å². The highest BCUT2D eigenvalue weighted by Crippen LogP contribution is 2.64. The summed E-state index contributed by atoms with van der Waals surface area (Å²) in [5.74, 6) is 3.76. The molecule has 2 aromatic heterocycles. The van der Waals surface area contributed by atoms with Gasteiger partial charge in [0.15, 0.2) is 0 Å². The van der Waals surface area contributed by atoms with Crippen molar-refractivity contribution in [3.05, 3.63) is 213 Å². The van der Waals surface area contributed by atoms with E-state index in [4.69, 9.17) is 9.47 Å². The van der Waals surface area contributed by atoms with E-state index in [1.165, 1.54) is 166 Å². The Morgan fingerprint density at radius 2 is 0.648 bits per heavy atom. The lowest BCUT2D eigenvalue weighted by molar-refractivity contribution is 0.480. The standard InChI is InChI=1S/C85H80B2N2O2/c1-79(2,3)45-27-29-67-55(31-45)57-33-47(81(7,8)9)35-65-77(57)88(67)69-37-49(83(13,14)15)39-73-75(69)86(65)63-41-53-51-23-19-21-25-59(51)85(61(53)43-71(63)90-73)60-26-22-20-24-52(60)54-42-64-72(44-62(54)85)91-74-40-50(84(16,17)18)38-70-76(74)87(64)66-36-48(82(10,11)12)34-58-56-32-46(80(4,5)6)28-30-68(56)89(70)78(58)66/h19-44H,1-18H3. The number of benzene rings is 10. The summed E-state index contributed by atoms with van der Waals surface area (Å²) < 4.78 is 20.7. The van der Waals surface area contributed by atoms with Gasteiger partial charge in [-0.3, -0.25) is 0 Å². The Labute approximate surface area is 537 Å². The first-order chi connectivity index (χ1) is 42.9. The van der Waals surface area contributed by atoms with Crippen LogP contribution in [0.4, 0.5) is 0 Å². The zero-order chi connectivity index (χ0) is 63.2. The number of aromatic nitrogens is 2. The van der Waals surface area contributed by atoms with Crippen LogP contribution in [0.2, 0.25) is 0 Å². The molecule has 12 aromatic rings. The Morgan fingerprint density at radius 3 is 1.02 bits per heavy atom. The van der Waals surface area contributed by atoms with E-state index in [0.29, 0.717) is 0 Å². The summed E-state index contributed by atoms with van der Waals surface area (Å²) in [6.07, 6.45) is 0. The third-order valence-electron chi connectivity index (χ3n) is 22.3. The molecule has 6 heteroatoms. The smallest absolute Gasteiger partial charge is 0.256 e. The first-order valence-corrected chi connectivity index (χ1v) is 33.4. The lowest BCUT2D eigenvalue weighted by Gasteiger charge is -2.37. The highest BCUT2D eigenvalue weighted by molar-refractivity contribution is 7.00. The number of rotatable bonds is 0. The third-order valence-corrected chi connectivity index (χ3v) is 22.3. The second-order valence-corrected chi connectivity index (χ2v) is 34.2. The molecule has 0 saturated heterocycles. The monoisotopic (exact) mass is 1180 g/mol. The highest BCUT2D eigenvalue weighted by Gasteiger charge is 2.55. The summed E-state index contributed by atoms with van der Waals surface area (Å²) in [6, 6.07) is 63.2. The Bertz CT molecular complexity index is 5030. The van der Waals surface area contributed by atoms with Gasteiger partial charge < -0.3 is 18.6 Å². The minimum absolute atomic E-state index is 0.00982. The second-order valence-electron chi connectivity index (χ2n) is 34.2. The molecule has 1 spiro atoms. The maximum absolute atomic E-state index is 7.73. The number of hydrogen-bond acceptors (Lipinski definition) is 2. The van der Waals surface area contributed by atoms with Crippen LogP contribution in [-0.2, 0) is 37.9 Å². The number of nitrogens with zero attached hydrogens (tertiary/aromatic N) is 2.